The minimum atomic E-state index is -0.782. The van der Waals surface area contributed by atoms with E-state index in [1.54, 1.807) is 11.8 Å². The predicted octanol–water partition coefficient (Wildman–Crippen LogP) is 6.57. The van der Waals surface area contributed by atoms with Crippen LogP contribution in [0.3, 0.4) is 0 Å². The van der Waals surface area contributed by atoms with Crippen molar-refractivity contribution in [3.63, 3.8) is 0 Å². The number of thioether (sulfide) groups is 1. The first kappa shape index (κ1) is 24.8. The van der Waals surface area contributed by atoms with Crippen LogP contribution in [0.25, 0.3) is 0 Å². The summed E-state index contributed by atoms with van der Waals surface area (Å²) in [5.74, 6) is 0.568. The maximum absolute atomic E-state index is 13.1. The van der Waals surface area contributed by atoms with Gasteiger partial charge >= 0.3 is 5.97 Å². The summed E-state index contributed by atoms with van der Waals surface area (Å²) in [4.78, 5) is 13.1. The predicted molar refractivity (Wildman–Crippen MR) is 146 cm³/mol. The number of aryl methyl sites for hydroxylation is 3. The van der Waals surface area contributed by atoms with Crippen LogP contribution in [0.2, 0.25) is 0 Å². The van der Waals surface area contributed by atoms with E-state index in [0.717, 1.165) is 33.4 Å². The molecule has 0 aliphatic rings. The van der Waals surface area contributed by atoms with E-state index in [1.165, 1.54) is 0 Å². The highest BCUT2D eigenvalue weighted by molar-refractivity contribution is 8.00. The molecule has 0 spiro atoms. The third-order valence-corrected chi connectivity index (χ3v) is 7.80. The van der Waals surface area contributed by atoms with Crippen molar-refractivity contribution >= 4 is 17.7 Å². The Balaban J connectivity index is 1.67. The van der Waals surface area contributed by atoms with Crippen molar-refractivity contribution in [1.29, 1.82) is 0 Å². The summed E-state index contributed by atoms with van der Waals surface area (Å²) in [6.07, 6.45) is 0. The van der Waals surface area contributed by atoms with Crippen LogP contribution in [0.4, 0.5) is 0 Å². The Morgan fingerprint density at radius 3 is 1.57 bits per heavy atom. The second kappa shape index (κ2) is 10.9. The van der Waals surface area contributed by atoms with Crippen LogP contribution in [0.5, 0.6) is 5.75 Å². The molecule has 0 heterocycles. The number of esters is 1. The molecular weight excluding hydrogens is 450 g/mol. The normalized spacial score (nSPS) is 12.2. The fourth-order valence-electron chi connectivity index (χ4n) is 4.56. The topological polar surface area (TPSA) is 52.3 Å². The molecule has 0 bridgehead atoms. The number of hydrogen-bond acceptors (Lipinski definition) is 4. The zero-order chi connectivity index (χ0) is 24.8. The van der Waals surface area contributed by atoms with Crippen molar-refractivity contribution in [2.24, 2.45) is 5.73 Å². The highest BCUT2D eigenvalue weighted by atomic mass is 32.2. The molecule has 0 aliphatic heterocycles. The fourth-order valence-corrected chi connectivity index (χ4v) is 6.03. The van der Waals surface area contributed by atoms with Gasteiger partial charge in [0.25, 0.3) is 0 Å². The molecule has 4 rings (SSSR count). The van der Waals surface area contributed by atoms with Crippen molar-refractivity contribution in [2.45, 2.75) is 31.6 Å². The van der Waals surface area contributed by atoms with E-state index in [2.05, 4.69) is 36.4 Å². The van der Waals surface area contributed by atoms with E-state index < -0.39 is 16.8 Å². The molecule has 178 valence electrons. The zero-order valence-electron chi connectivity index (χ0n) is 20.4. The van der Waals surface area contributed by atoms with Gasteiger partial charge in [0.1, 0.15) is 11.8 Å². The fraction of sp³-hybridized carbons (Fsp3) is 0.194. The number of hydrogen-bond donors (Lipinski definition) is 1. The first-order chi connectivity index (χ1) is 16.9. The molecule has 4 heteroatoms. The van der Waals surface area contributed by atoms with Crippen molar-refractivity contribution in [3.8, 4) is 5.75 Å². The highest BCUT2D eigenvalue weighted by Crippen LogP contribution is 2.48. The Hall–Kier alpha value is -3.34. The lowest BCUT2D eigenvalue weighted by Crippen LogP contribution is -2.39. The summed E-state index contributed by atoms with van der Waals surface area (Å²) in [6.45, 7) is 5.94. The Kier molecular flexibility index (Phi) is 7.74. The number of ether oxygens (including phenoxy) is 1. The van der Waals surface area contributed by atoms with Gasteiger partial charge in [0.2, 0.25) is 0 Å². The van der Waals surface area contributed by atoms with Crippen molar-refractivity contribution in [1.82, 2.24) is 0 Å². The SMILES string of the molecule is Cc1cc(C)c(OC(=O)C(N)CSC(c2ccccc2)(c2ccccc2)c2ccccc2)c(C)c1. The van der Waals surface area contributed by atoms with Crippen LogP contribution in [-0.4, -0.2) is 17.8 Å². The van der Waals surface area contributed by atoms with Gasteiger partial charge in [0.05, 0.1) is 4.75 Å². The van der Waals surface area contributed by atoms with Crippen molar-refractivity contribution in [3.05, 3.63) is 137 Å². The average molecular weight is 482 g/mol. The van der Waals surface area contributed by atoms with Gasteiger partial charge in [-0.2, -0.15) is 0 Å². The van der Waals surface area contributed by atoms with Crippen LogP contribution in [0.15, 0.2) is 103 Å². The lowest BCUT2D eigenvalue weighted by atomic mass is 9.84. The Morgan fingerprint density at radius 1 is 0.771 bits per heavy atom. The van der Waals surface area contributed by atoms with E-state index in [4.69, 9.17) is 10.5 Å². The second-order valence-corrected chi connectivity index (χ2v) is 10.1. The molecule has 0 amide bonds. The molecule has 0 saturated carbocycles. The highest BCUT2D eigenvalue weighted by Gasteiger charge is 2.38. The molecule has 4 aromatic carbocycles. The van der Waals surface area contributed by atoms with E-state index >= 15 is 0 Å². The minimum Gasteiger partial charge on any atom is -0.425 e. The average Bonchev–Trinajstić information content (AvgIpc) is 2.88. The van der Waals surface area contributed by atoms with E-state index in [9.17, 15) is 4.79 Å². The van der Waals surface area contributed by atoms with E-state index in [-0.39, 0.29) is 0 Å². The van der Waals surface area contributed by atoms with Gasteiger partial charge in [-0.15, -0.1) is 11.8 Å². The van der Waals surface area contributed by atoms with Crippen LogP contribution in [0, 0.1) is 20.8 Å². The molecule has 0 fully saturated rings. The van der Waals surface area contributed by atoms with Crippen LogP contribution in [-0.2, 0) is 9.54 Å². The maximum Gasteiger partial charge on any atom is 0.329 e. The molecule has 0 aromatic heterocycles. The van der Waals surface area contributed by atoms with Crippen LogP contribution in [0.1, 0.15) is 33.4 Å². The van der Waals surface area contributed by atoms with Gasteiger partial charge in [0, 0.05) is 5.75 Å². The Morgan fingerprint density at radius 2 is 1.17 bits per heavy atom. The first-order valence-corrected chi connectivity index (χ1v) is 12.8. The van der Waals surface area contributed by atoms with E-state index in [1.807, 2.05) is 87.5 Å². The smallest absolute Gasteiger partial charge is 0.329 e. The summed E-state index contributed by atoms with van der Waals surface area (Å²) in [5.41, 5.74) is 12.8. The van der Waals surface area contributed by atoms with Crippen molar-refractivity contribution < 1.29 is 9.53 Å². The number of carbonyl (C=O) groups is 1. The van der Waals surface area contributed by atoms with Crippen LogP contribution >= 0.6 is 11.8 Å². The van der Waals surface area contributed by atoms with Crippen molar-refractivity contribution in [2.75, 3.05) is 5.75 Å². The monoisotopic (exact) mass is 481 g/mol. The first-order valence-electron chi connectivity index (χ1n) is 11.8. The minimum absolute atomic E-state index is 0.390. The molecule has 35 heavy (non-hydrogen) atoms. The molecule has 1 unspecified atom stereocenters. The largest absolute Gasteiger partial charge is 0.425 e. The summed E-state index contributed by atoms with van der Waals surface area (Å²) in [7, 11) is 0. The number of rotatable bonds is 8. The zero-order valence-corrected chi connectivity index (χ0v) is 21.2. The summed E-state index contributed by atoms with van der Waals surface area (Å²) >= 11 is 1.66. The molecule has 3 nitrogen and oxygen atoms in total. The summed E-state index contributed by atoms with van der Waals surface area (Å²) < 4.78 is 5.27. The lowest BCUT2D eigenvalue weighted by molar-refractivity contribution is -0.135. The quantitative estimate of drug-likeness (QED) is 0.176. The molecule has 2 N–H and O–H groups in total. The van der Waals surface area contributed by atoms with E-state index in [0.29, 0.717) is 11.5 Å². The molecule has 4 aromatic rings. The Labute approximate surface area is 212 Å². The van der Waals surface area contributed by atoms with Gasteiger partial charge in [0.15, 0.2) is 0 Å². The second-order valence-electron chi connectivity index (χ2n) is 8.85. The van der Waals surface area contributed by atoms with Gasteiger partial charge in [-0.05, 0) is 48.6 Å². The maximum atomic E-state index is 13.1. The standard InChI is InChI=1S/C31H31NO2S/c1-22-19-23(2)29(24(3)20-22)34-30(33)28(32)21-35-31(25-13-7-4-8-14-25,26-15-9-5-10-16-26)27-17-11-6-12-18-27/h4-20,28H,21,32H2,1-3H3. The third-order valence-electron chi connectivity index (χ3n) is 6.13. The molecule has 0 saturated heterocycles. The lowest BCUT2D eigenvalue weighted by Gasteiger charge is -2.36. The molecule has 1 atom stereocenters. The number of carbonyl (C=O) groups excluding carboxylic acids is 1. The van der Waals surface area contributed by atoms with Gasteiger partial charge in [-0.3, -0.25) is 0 Å². The summed E-state index contributed by atoms with van der Waals surface area (Å²) in [6, 6.07) is 34.4. The molecule has 0 radical (unpaired) electrons. The Bertz CT molecular complexity index is 1150. The molecular formula is C31H31NO2S. The third kappa shape index (κ3) is 5.34. The number of nitrogens with two attached hydrogens (primary N) is 1. The number of benzene rings is 4. The van der Waals surface area contributed by atoms with Gasteiger partial charge in [-0.25, -0.2) is 4.79 Å². The summed E-state index contributed by atoms with van der Waals surface area (Å²) in [5, 5.41) is 0. The van der Waals surface area contributed by atoms with Crippen LogP contribution < -0.4 is 10.5 Å². The van der Waals surface area contributed by atoms with Gasteiger partial charge in [-0.1, -0.05) is 109 Å². The van der Waals surface area contributed by atoms with Gasteiger partial charge < -0.3 is 10.5 Å². The molecule has 0 aliphatic carbocycles.